The second-order valence-corrected chi connectivity index (χ2v) is 6.76. The van der Waals surface area contributed by atoms with E-state index < -0.39 is 0 Å². The van der Waals surface area contributed by atoms with Crippen LogP contribution in [0.25, 0.3) is 10.9 Å². The summed E-state index contributed by atoms with van der Waals surface area (Å²) in [5.74, 6) is 0. The Balaban J connectivity index is 1.47. The highest BCUT2D eigenvalue weighted by Crippen LogP contribution is 2.21. The number of urea groups is 1. The number of rotatable bonds is 4. The first kappa shape index (κ1) is 16.9. The standard InChI is InChI=1S/C19H16N6OS/c1-12-2-4-13(5-3-12)22-18(26)23-14-6-7-15-16(10-14)24-25-17(15)11-21-19-20-8-9-27-19/h2-11H,1H3,(H,24,25)(H2,22,23,26)/b21-11+. The van der Waals surface area contributed by atoms with Gasteiger partial charge in [-0.2, -0.15) is 5.10 Å². The molecule has 0 unspecified atom stereocenters. The van der Waals surface area contributed by atoms with E-state index in [9.17, 15) is 4.79 Å². The van der Waals surface area contributed by atoms with Gasteiger partial charge in [-0.3, -0.25) is 5.10 Å². The zero-order chi connectivity index (χ0) is 18.6. The van der Waals surface area contributed by atoms with E-state index in [2.05, 4.69) is 30.8 Å². The molecule has 0 aliphatic carbocycles. The third-order valence-corrected chi connectivity index (χ3v) is 4.55. The summed E-state index contributed by atoms with van der Waals surface area (Å²) in [6, 6.07) is 12.8. The SMILES string of the molecule is Cc1ccc(NC(=O)Nc2ccc3c(/C=N/c4nccs4)[nH]nc3c2)cc1. The van der Waals surface area contributed by atoms with Crippen molar-refractivity contribution < 1.29 is 4.79 Å². The molecule has 134 valence electrons. The number of H-pyrrole nitrogens is 1. The fourth-order valence-corrected chi connectivity index (χ4v) is 3.02. The predicted molar refractivity (Wildman–Crippen MR) is 109 cm³/mol. The molecule has 2 heterocycles. The van der Waals surface area contributed by atoms with Crippen molar-refractivity contribution in [1.29, 1.82) is 0 Å². The monoisotopic (exact) mass is 376 g/mol. The van der Waals surface area contributed by atoms with Gasteiger partial charge in [0.1, 0.15) is 0 Å². The smallest absolute Gasteiger partial charge is 0.308 e. The number of anilines is 2. The Morgan fingerprint density at radius 3 is 2.70 bits per heavy atom. The van der Waals surface area contributed by atoms with Crippen LogP contribution in [-0.2, 0) is 0 Å². The van der Waals surface area contributed by atoms with Gasteiger partial charge >= 0.3 is 6.03 Å². The number of amides is 2. The Kier molecular flexibility index (Phi) is 4.63. The molecule has 0 atom stereocenters. The topological polar surface area (TPSA) is 95.1 Å². The van der Waals surface area contributed by atoms with E-state index in [4.69, 9.17) is 0 Å². The number of benzene rings is 2. The molecule has 2 amide bonds. The molecule has 0 saturated carbocycles. The molecular formula is C19H16N6OS. The number of nitrogens with one attached hydrogen (secondary N) is 3. The maximum atomic E-state index is 12.2. The lowest BCUT2D eigenvalue weighted by Crippen LogP contribution is -2.19. The van der Waals surface area contributed by atoms with E-state index in [-0.39, 0.29) is 6.03 Å². The van der Waals surface area contributed by atoms with E-state index in [0.717, 1.165) is 27.8 Å². The first-order valence-electron chi connectivity index (χ1n) is 8.24. The van der Waals surface area contributed by atoms with E-state index in [1.165, 1.54) is 11.3 Å². The van der Waals surface area contributed by atoms with Crippen LogP contribution in [0.5, 0.6) is 0 Å². The molecule has 3 N–H and O–H groups in total. The van der Waals surface area contributed by atoms with Crippen LogP contribution in [0.15, 0.2) is 59.0 Å². The fraction of sp³-hybridized carbons (Fsp3) is 0.0526. The Labute approximate surface area is 159 Å². The molecule has 4 rings (SSSR count). The third-order valence-electron chi connectivity index (χ3n) is 3.88. The number of aryl methyl sites for hydroxylation is 1. The van der Waals surface area contributed by atoms with Crippen molar-refractivity contribution in [2.75, 3.05) is 10.6 Å². The highest BCUT2D eigenvalue weighted by Gasteiger charge is 2.07. The summed E-state index contributed by atoms with van der Waals surface area (Å²) < 4.78 is 0. The van der Waals surface area contributed by atoms with Crippen LogP contribution in [0.4, 0.5) is 21.3 Å². The minimum atomic E-state index is -0.306. The molecular weight excluding hydrogens is 360 g/mol. The van der Waals surface area contributed by atoms with Crippen molar-refractivity contribution in [3.8, 4) is 0 Å². The van der Waals surface area contributed by atoms with Crippen LogP contribution in [-0.4, -0.2) is 27.4 Å². The third kappa shape index (κ3) is 4.01. The van der Waals surface area contributed by atoms with E-state index >= 15 is 0 Å². The summed E-state index contributed by atoms with van der Waals surface area (Å²) in [7, 11) is 0. The molecule has 0 aliphatic rings. The number of carbonyl (C=O) groups excluding carboxylic acids is 1. The van der Waals surface area contributed by atoms with Gasteiger partial charge in [-0.15, -0.1) is 11.3 Å². The van der Waals surface area contributed by atoms with E-state index in [1.54, 1.807) is 18.5 Å². The quantitative estimate of drug-likeness (QED) is 0.450. The number of aromatic amines is 1. The van der Waals surface area contributed by atoms with Crippen LogP contribution >= 0.6 is 11.3 Å². The number of thiazole rings is 1. The van der Waals surface area contributed by atoms with Crippen molar-refractivity contribution in [3.05, 3.63) is 65.3 Å². The molecule has 4 aromatic rings. The number of aromatic nitrogens is 3. The lowest BCUT2D eigenvalue weighted by atomic mass is 10.2. The van der Waals surface area contributed by atoms with Gasteiger partial charge in [-0.1, -0.05) is 17.7 Å². The summed E-state index contributed by atoms with van der Waals surface area (Å²) in [5, 5.41) is 16.3. The molecule has 0 spiro atoms. The molecule has 0 radical (unpaired) electrons. The number of fused-ring (bicyclic) bond motifs is 1. The molecule has 0 fully saturated rings. The van der Waals surface area contributed by atoms with Crippen LogP contribution in [0.3, 0.4) is 0 Å². The van der Waals surface area contributed by atoms with Gasteiger partial charge < -0.3 is 10.6 Å². The largest absolute Gasteiger partial charge is 0.323 e. The average molecular weight is 376 g/mol. The van der Waals surface area contributed by atoms with E-state index in [0.29, 0.717) is 10.8 Å². The maximum Gasteiger partial charge on any atom is 0.323 e. The number of hydrogen-bond donors (Lipinski definition) is 3. The van der Waals surface area contributed by atoms with E-state index in [1.807, 2.05) is 48.7 Å². The van der Waals surface area contributed by atoms with Gasteiger partial charge in [-0.05, 0) is 37.3 Å². The highest BCUT2D eigenvalue weighted by molar-refractivity contribution is 7.13. The van der Waals surface area contributed by atoms with Gasteiger partial charge in [0.2, 0.25) is 5.13 Å². The zero-order valence-corrected chi connectivity index (χ0v) is 15.2. The van der Waals surface area contributed by atoms with Crippen molar-refractivity contribution in [1.82, 2.24) is 15.2 Å². The molecule has 0 saturated heterocycles. The molecule has 2 aromatic heterocycles. The lowest BCUT2D eigenvalue weighted by Gasteiger charge is -2.08. The van der Waals surface area contributed by atoms with Gasteiger partial charge in [-0.25, -0.2) is 14.8 Å². The van der Waals surface area contributed by atoms with Gasteiger partial charge in [0.15, 0.2) is 0 Å². The van der Waals surface area contributed by atoms with Crippen molar-refractivity contribution in [2.24, 2.45) is 4.99 Å². The highest BCUT2D eigenvalue weighted by atomic mass is 32.1. The number of nitrogens with zero attached hydrogens (tertiary/aromatic N) is 3. The summed E-state index contributed by atoms with van der Waals surface area (Å²) in [5.41, 5.74) is 4.06. The molecule has 27 heavy (non-hydrogen) atoms. The Morgan fingerprint density at radius 1 is 1.15 bits per heavy atom. The first-order valence-corrected chi connectivity index (χ1v) is 9.12. The first-order chi connectivity index (χ1) is 13.2. The average Bonchev–Trinajstić information content (AvgIpc) is 3.31. The normalized spacial score (nSPS) is 11.1. The number of aliphatic imine (C=N–C) groups is 1. The van der Waals surface area contributed by atoms with Crippen LogP contribution < -0.4 is 10.6 Å². The summed E-state index contributed by atoms with van der Waals surface area (Å²) in [4.78, 5) is 20.6. The molecule has 2 aromatic carbocycles. The lowest BCUT2D eigenvalue weighted by molar-refractivity contribution is 0.262. The predicted octanol–water partition coefficient (Wildman–Crippen LogP) is 4.72. The van der Waals surface area contributed by atoms with Crippen molar-refractivity contribution in [3.63, 3.8) is 0 Å². The summed E-state index contributed by atoms with van der Waals surface area (Å²) in [6.45, 7) is 2.00. The van der Waals surface area contributed by atoms with Crippen molar-refractivity contribution >= 4 is 51.0 Å². The minimum Gasteiger partial charge on any atom is -0.308 e. The Morgan fingerprint density at radius 2 is 1.93 bits per heavy atom. The molecule has 7 nitrogen and oxygen atoms in total. The fourth-order valence-electron chi connectivity index (χ4n) is 2.54. The van der Waals surface area contributed by atoms with Gasteiger partial charge in [0, 0.05) is 28.3 Å². The molecule has 8 heteroatoms. The summed E-state index contributed by atoms with van der Waals surface area (Å²) >= 11 is 1.46. The van der Waals surface area contributed by atoms with Crippen LogP contribution in [0.1, 0.15) is 11.3 Å². The Hall–Kier alpha value is -3.52. The van der Waals surface area contributed by atoms with Crippen LogP contribution in [0.2, 0.25) is 0 Å². The van der Waals surface area contributed by atoms with Crippen molar-refractivity contribution in [2.45, 2.75) is 6.92 Å². The summed E-state index contributed by atoms with van der Waals surface area (Å²) in [6.07, 6.45) is 3.41. The number of hydrogen-bond acceptors (Lipinski definition) is 5. The minimum absolute atomic E-state index is 0.306. The Bertz CT molecular complexity index is 1100. The molecule has 0 bridgehead atoms. The second kappa shape index (κ2) is 7.38. The van der Waals surface area contributed by atoms with Crippen LogP contribution in [0, 0.1) is 6.92 Å². The van der Waals surface area contributed by atoms with Gasteiger partial charge in [0.25, 0.3) is 0 Å². The zero-order valence-electron chi connectivity index (χ0n) is 14.4. The van der Waals surface area contributed by atoms with Gasteiger partial charge in [0.05, 0.1) is 17.4 Å². The molecule has 0 aliphatic heterocycles. The number of carbonyl (C=O) groups is 1. The maximum absolute atomic E-state index is 12.2. The second-order valence-electron chi connectivity index (χ2n) is 5.89.